The number of carbonyl (C=O) groups excluding carboxylic acids is 1. The summed E-state index contributed by atoms with van der Waals surface area (Å²) >= 11 is 0. The lowest BCUT2D eigenvalue weighted by Gasteiger charge is -2.02. The highest BCUT2D eigenvalue weighted by atomic mass is 16.5. The highest BCUT2D eigenvalue weighted by Gasteiger charge is 1.94. The lowest BCUT2D eigenvalue weighted by molar-refractivity contribution is -0.139. The maximum absolute atomic E-state index is 10.6. The maximum atomic E-state index is 10.6. The van der Waals surface area contributed by atoms with Gasteiger partial charge in [-0.2, -0.15) is 0 Å². The van der Waals surface area contributed by atoms with Crippen molar-refractivity contribution in [2.75, 3.05) is 6.61 Å². The van der Waals surface area contributed by atoms with E-state index in [4.69, 9.17) is 4.74 Å². The number of aryl methyl sites for hydroxylation is 1. The molecule has 2 nitrogen and oxygen atoms in total. The molecule has 0 aliphatic carbocycles. The summed E-state index contributed by atoms with van der Waals surface area (Å²) in [6.07, 6.45) is 11.6. The molecule has 0 fully saturated rings. The quantitative estimate of drug-likeness (QED) is 0.478. The van der Waals surface area contributed by atoms with Gasteiger partial charge in [-0.05, 0) is 30.0 Å². The fourth-order valence-electron chi connectivity index (χ4n) is 2.08. The van der Waals surface area contributed by atoms with E-state index in [-0.39, 0.29) is 5.97 Å². The molecule has 0 aliphatic heterocycles. The predicted molar refractivity (Wildman–Crippen MR) is 84.6 cm³/mol. The van der Waals surface area contributed by atoms with Crippen molar-refractivity contribution in [3.05, 3.63) is 41.5 Å². The first kappa shape index (κ1) is 16.5. The first-order valence-electron chi connectivity index (χ1n) is 7.61. The number of ether oxygens (including phenoxy) is 1. The van der Waals surface area contributed by atoms with Gasteiger partial charge >= 0.3 is 5.97 Å². The Labute approximate surface area is 122 Å². The van der Waals surface area contributed by atoms with Crippen molar-refractivity contribution in [3.63, 3.8) is 0 Å². The van der Waals surface area contributed by atoms with Gasteiger partial charge in [0.1, 0.15) is 6.61 Å². The summed E-state index contributed by atoms with van der Waals surface area (Å²) in [7, 11) is 0. The van der Waals surface area contributed by atoms with Crippen LogP contribution < -0.4 is 0 Å². The molecule has 0 N–H and O–H groups in total. The summed E-state index contributed by atoms with van der Waals surface area (Å²) in [6.45, 7) is 4.01. The summed E-state index contributed by atoms with van der Waals surface area (Å²) in [5.41, 5.74) is 2.55. The Morgan fingerprint density at radius 2 is 1.80 bits per heavy atom. The Kier molecular flexibility index (Phi) is 8.44. The van der Waals surface area contributed by atoms with Crippen LogP contribution in [0, 0.1) is 0 Å². The van der Waals surface area contributed by atoms with E-state index in [1.807, 2.05) is 12.2 Å². The molecule has 0 unspecified atom stereocenters. The molecular weight excluding hydrogens is 248 g/mol. The normalized spacial score (nSPS) is 10.9. The summed E-state index contributed by atoms with van der Waals surface area (Å²) in [6, 6.07) is 8.61. The minimum Gasteiger partial charge on any atom is -0.462 e. The molecule has 0 spiro atoms. The second-order valence-corrected chi connectivity index (χ2v) is 5.11. The van der Waals surface area contributed by atoms with Crippen LogP contribution in [-0.2, 0) is 16.0 Å². The molecule has 1 aromatic rings. The van der Waals surface area contributed by atoms with Gasteiger partial charge in [0, 0.05) is 6.92 Å². The van der Waals surface area contributed by atoms with E-state index in [2.05, 4.69) is 31.2 Å². The highest BCUT2D eigenvalue weighted by Crippen LogP contribution is 2.11. The Morgan fingerprint density at radius 3 is 2.45 bits per heavy atom. The Balaban J connectivity index is 2.27. The molecule has 110 valence electrons. The minimum atomic E-state index is -0.243. The molecule has 2 heteroatoms. The zero-order chi connectivity index (χ0) is 14.6. The van der Waals surface area contributed by atoms with Crippen LogP contribution >= 0.6 is 0 Å². The Bertz CT molecular complexity index is 404. The number of unbranched alkanes of at least 4 members (excludes halogenated alkanes) is 4. The van der Waals surface area contributed by atoms with Gasteiger partial charge in [0.25, 0.3) is 0 Å². The molecule has 0 radical (unpaired) electrons. The highest BCUT2D eigenvalue weighted by molar-refractivity contribution is 5.66. The van der Waals surface area contributed by atoms with Crippen molar-refractivity contribution < 1.29 is 9.53 Å². The smallest absolute Gasteiger partial charge is 0.302 e. The number of carbonyl (C=O) groups is 1. The number of rotatable bonds is 9. The van der Waals surface area contributed by atoms with E-state index < -0.39 is 0 Å². The Morgan fingerprint density at radius 1 is 1.10 bits per heavy atom. The monoisotopic (exact) mass is 274 g/mol. The van der Waals surface area contributed by atoms with Crippen LogP contribution in [0.15, 0.2) is 30.3 Å². The van der Waals surface area contributed by atoms with Crippen molar-refractivity contribution in [3.8, 4) is 0 Å². The first-order valence-corrected chi connectivity index (χ1v) is 7.61. The molecule has 0 amide bonds. The van der Waals surface area contributed by atoms with E-state index >= 15 is 0 Å². The van der Waals surface area contributed by atoms with Gasteiger partial charge in [0.15, 0.2) is 0 Å². The molecule has 1 rings (SSSR count). The van der Waals surface area contributed by atoms with Gasteiger partial charge < -0.3 is 4.74 Å². The molecule has 1 aromatic carbocycles. The standard InChI is InChI=1S/C18H26O2/c1-3-4-5-6-7-9-17-11-13-18(14-12-17)10-8-15-20-16(2)19/h8,10-14H,3-7,9,15H2,1-2H3/b10-8+. The van der Waals surface area contributed by atoms with Gasteiger partial charge in [-0.1, -0.05) is 62.9 Å². The van der Waals surface area contributed by atoms with Crippen LogP contribution in [0.25, 0.3) is 6.08 Å². The van der Waals surface area contributed by atoms with Crippen LogP contribution in [0.2, 0.25) is 0 Å². The third-order valence-corrected chi connectivity index (χ3v) is 3.24. The second-order valence-electron chi connectivity index (χ2n) is 5.11. The fourth-order valence-corrected chi connectivity index (χ4v) is 2.08. The van der Waals surface area contributed by atoms with Crippen LogP contribution in [0.4, 0.5) is 0 Å². The van der Waals surface area contributed by atoms with Crippen LogP contribution in [0.1, 0.15) is 57.1 Å². The topological polar surface area (TPSA) is 26.3 Å². The maximum Gasteiger partial charge on any atom is 0.302 e. The third kappa shape index (κ3) is 7.78. The third-order valence-electron chi connectivity index (χ3n) is 3.24. The molecular formula is C18H26O2. The number of benzene rings is 1. The van der Waals surface area contributed by atoms with Crippen molar-refractivity contribution >= 4 is 12.0 Å². The summed E-state index contributed by atoms with van der Waals surface area (Å²) in [4.78, 5) is 10.6. The predicted octanol–water partition coefficient (Wildman–Crippen LogP) is 4.78. The van der Waals surface area contributed by atoms with Gasteiger partial charge in [-0.25, -0.2) is 0 Å². The summed E-state index contributed by atoms with van der Waals surface area (Å²) in [5.74, 6) is -0.243. The molecule has 0 aliphatic rings. The lowest BCUT2D eigenvalue weighted by atomic mass is 10.0. The Hall–Kier alpha value is -1.57. The van der Waals surface area contributed by atoms with E-state index in [0.717, 1.165) is 5.56 Å². The number of esters is 1. The first-order chi connectivity index (χ1) is 9.72. The molecule has 0 heterocycles. The number of hydrogen-bond donors (Lipinski definition) is 0. The van der Waals surface area contributed by atoms with Gasteiger partial charge in [-0.3, -0.25) is 4.79 Å². The van der Waals surface area contributed by atoms with Crippen LogP contribution in [-0.4, -0.2) is 12.6 Å². The molecule has 0 aromatic heterocycles. The van der Waals surface area contributed by atoms with E-state index in [9.17, 15) is 4.79 Å². The molecule has 0 bridgehead atoms. The second kappa shape index (κ2) is 10.2. The average Bonchev–Trinajstić information content (AvgIpc) is 2.44. The average molecular weight is 274 g/mol. The van der Waals surface area contributed by atoms with E-state index in [1.165, 1.54) is 51.0 Å². The molecule has 20 heavy (non-hydrogen) atoms. The van der Waals surface area contributed by atoms with Crippen molar-refractivity contribution in [1.82, 2.24) is 0 Å². The fraction of sp³-hybridized carbons (Fsp3) is 0.500. The van der Waals surface area contributed by atoms with Gasteiger partial charge in [-0.15, -0.1) is 0 Å². The van der Waals surface area contributed by atoms with E-state index in [1.54, 1.807) is 0 Å². The molecule has 0 saturated carbocycles. The number of hydrogen-bond acceptors (Lipinski definition) is 2. The summed E-state index contributed by atoms with van der Waals surface area (Å²) < 4.78 is 4.85. The van der Waals surface area contributed by atoms with Gasteiger partial charge in [0.2, 0.25) is 0 Å². The molecule has 0 saturated heterocycles. The summed E-state index contributed by atoms with van der Waals surface area (Å²) in [5, 5.41) is 0. The van der Waals surface area contributed by atoms with Crippen LogP contribution in [0.5, 0.6) is 0 Å². The van der Waals surface area contributed by atoms with Crippen LogP contribution in [0.3, 0.4) is 0 Å². The zero-order valence-corrected chi connectivity index (χ0v) is 12.7. The van der Waals surface area contributed by atoms with E-state index in [0.29, 0.717) is 6.61 Å². The molecule has 0 atom stereocenters. The van der Waals surface area contributed by atoms with Gasteiger partial charge in [0.05, 0.1) is 0 Å². The van der Waals surface area contributed by atoms with Crippen molar-refractivity contribution in [2.45, 2.75) is 52.4 Å². The van der Waals surface area contributed by atoms with Crippen molar-refractivity contribution in [2.24, 2.45) is 0 Å². The minimum absolute atomic E-state index is 0.243. The largest absolute Gasteiger partial charge is 0.462 e. The van der Waals surface area contributed by atoms with Crippen molar-refractivity contribution in [1.29, 1.82) is 0 Å². The SMILES string of the molecule is CCCCCCCc1ccc(/C=C/COC(C)=O)cc1. The lowest BCUT2D eigenvalue weighted by Crippen LogP contribution is -1.97. The zero-order valence-electron chi connectivity index (χ0n) is 12.7.